The molecule has 0 amide bonds. The molecule has 0 aliphatic carbocycles. The van der Waals surface area contributed by atoms with Crippen LogP contribution in [-0.4, -0.2) is 74.8 Å². The van der Waals surface area contributed by atoms with Gasteiger partial charge in [0.1, 0.15) is 17.5 Å². The molecule has 0 spiro atoms. The van der Waals surface area contributed by atoms with Crippen molar-refractivity contribution < 1.29 is 80.4 Å². The van der Waals surface area contributed by atoms with Crippen LogP contribution in [0.15, 0.2) is 420 Å². The first-order chi connectivity index (χ1) is 61.2. The van der Waals surface area contributed by atoms with Gasteiger partial charge in [-0.25, -0.2) is 24.9 Å². The van der Waals surface area contributed by atoms with E-state index < -0.39 is 0 Å². The quantitative estimate of drug-likeness (QED) is 0.105. The van der Waals surface area contributed by atoms with Gasteiger partial charge in [-0.15, -0.1) is 287 Å². The Morgan fingerprint density at radius 3 is 0.742 bits per heavy atom. The Kier molecular flexibility index (Phi) is 41.2. The maximum absolute atomic E-state index is 4.49. The molecule has 128 heavy (non-hydrogen) atoms. The third-order valence-corrected chi connectivity index (χ3v) is 18.0. The van der Waals surface area contributed by atoms with Gasteiger partial charge in [-0.1, -0.05) is 103 Å². The van der Waals surface area contributed by atoms with E-state index in [1.54, 1.807) is 49.6 Å². The third-order valence-electron chi connectivity index (χ3n) is 18.0. The van der Waals surface area contributed by atoms with Gasteiger partial charge in [0.25, 0.3) is 0 Å². The Morgan fingerprint density at radius 1 is 0.172 bits per heavy atom. The number of aryl methyl sites for hydroxylation is 4. The summed E-state index contributed by atoms with van der Waals surface area (Å²) in [5, 5.41) is 0. The molecule has 12 heterocycles. The molecule has 4 radical (unpaired) electrons. The molecule has 20 rings (SSSR count). The van der Waals surface area contributed by atoms with E-state index in [4.69, 9.17) is 0 Å². The molecule has 0 aliphatic rings. The molecule has 0 N–H and O–H groups in total. The maximum Gasteiger partial charge on any atom is 0.164 e. The van der Waals surface area contributed by atoms with E-state index in [9.17, 15) is 0 Å². The largest absolute Gasteiger partial charge is 0.305 e. The zero-order chi connectivity index (χ0) is 85.2. The number of pyridine rings is 10. The summed E-state index contributed by atoms with van der Waals surface area (Å²) in [5.41, 5.74) is 23.6. The molecule has 12 aromatic heterocycles. The second-order valence-electron chi connectivity index (χ2n) is 26.9. The molecule has 0 saturated heterocycles. The molecule has 19 heteroatoms. The van der Waals surface area contributed by atoms with Crippen LogP contribution in [0.2, 0.25) is 0 Å². The Morgan fingerprint density at radius 2 is 0.453 bits per heavy atom. The first-order valence-corrected chi connectivity index (χ1v) is 39.8. The van der Waals surface area contributed by atoms with Gasteiger partial charge < -0.3 is 39.9 Å². The van der Waals surface area contributed by atoms with Gasteiger partial charge in [-0.05, 0) is 139 Å². The summed E-state index contributed by atoms with van der Waals surface area (Å²) in [7, 11) is 0. The Hall–Kier alpha value is -14.1. The van der Waals surface area contributed by atoms with Gasteiger partial charge in [0.05, 0.1) is 11.4 Å². The number of hydrogen-bond donors (Lipinski definition) is 0. The molecule has 15 nitrogen and oxygen atoms in total. The van der Waals surface area contributed by atoms with E-state index in [1.807, 2.05) is 386 Å². The van der Waals surface area contributed by atoms with E-state index in [0.29, 0.717) is 17.5 Å². The Bertz CT molecular complexity index is 5910. The molecular formula is C109H81Ir4N15-8. The smallest absolute Gasteiger partial charge is 0.164 e. The van der Waals surface area contributed by atoms with Crippen LogP contribution in [0.4, 0.5) is 0 Å². The zero-order valence-electron chi connectivity index (χ0n) is 69.9. The average molecular weight is 2370 g/mol. The van der Waals surface area contributed by atoms with Crippen LogP contribution in [-0.2, 0) is 80.4 Å². The number of hydrogen-bond acceptors (Lipinski definition) is 15. The first kappa shape index (κ1) is 97.7. The summed E-state index contributed by atoms with van der Waals surface area (Å²) in [4.78, 5) is 64.6. The molecular weight excluding hydrogens is 2290 g/mol. The van der Waals surface area contributed by atoms with E-state index in [-0.39, 0.29) is 80.4 Å². The summed E-state index contributed by atoms with van der Waals surface area (Å²) in [6.45, 7) is 7.58. The van der Waals surface area contributed by atoms with Crippen LogP contribution in [0.3, 0.4) is 0 Å². The van der Waals surface area contributed by atoms with Crippen molar-refractivity contribution in [3.63, 3.8) is 0 Å². The zero-order valence-corrected chi connectivity index (χ0v) is 79.5. The van der Waals surface area contributed by atoms with Crippen molar-refractivity contribution >= 4 is 0 Å². The van der Waals surface area contributed by atoms with Gasteiger partial charge in [-0.2, -0.15) is 0 Å². The van der Waals surface area contributed by atoms with Gasteiger partial charge in [0.15, 0.2) is 5.82 Å². The molecule has 0 bridgehead atoms. The van der Waals surface area contributed by atoms with Gasteiger partial charge in [0.2, 0.25) is 0 Å². The summed E-state index contributed by atoms with van der Waals surface area (Å²) >= 11 is 0. The van der Waals surface area contributed by atoms with Crippen molar-refractivity contribution in [3.05, 3.63) is 492 Å². The van der Waals surface area contributed by atoms with Crippen LogP contribution >= 0.6 is 0 Å². The fourth-order valence-corrected chi connectivity index (χ4v) is 11.9. The molecule has 0 aliphatic heterocycles. The minimum atomic E-state index is 0. The fraction of sp³-hybridized carbons (Fsp3) is 0.0367. The monoisotopic (exact) mass is 2370 g/mol. The molecule has 8 aromatic carbocycles. The van der Waals surface area contributed by atoms with Crippen molar-refractivity contribution in [1.29, 1.82) is 0 Å². The number of aromatic nitrogens is 15. The van der Waals surface area contributed by atoms with E-state index >= 15 is 0 Å². The number of rotatable bonds is 12. The van der Waals surface area contributed by atoms with Gasteiger partial charge in [0, 0.05) is 171 Å². The second-order valence-corrected chi connectivity index (χ2v) is 26.9. The SMILES string of the molecule is Cc1ccc(-c2ccc(-c3[c-]cccc3)nc2)cn1.Cc1nc(C)nc(-c2ccc(-c3[c-]cccc3)nc2)n1.Cc1nccc(-c2ccc(-c3[c-]cccc3)nc2)n1.[Ir].[Ir].[Ir].[Ir].[c-]1ccccc1-c1cc(-c2ccccn2)ccn1.[c-]1ccccc1-c1ccccn1.[c-]1ccccc1-c1ccccn1.[c-]1ccccc1-c1ccccn1.[c-]1ccccc1-c1ccccn1. The van der Waals surface area contributed by atoms with Crippen LogP contribution in [0.5, 0.6) is 0 Å². The molecule has 0 saturated carbocycles. The summed E-state index contributed by atoms with van der Waals surface area (Å²) < 4.78 is 0. The topological polar surface area (TPSA) is 193 Å². The molecule has 0 atom stereocenters. The number of benzene rings is 8. The second kappa shape index (κ2) is 54.0. The van der Waals surface area contributed by atoms with Crippen LogP contribution in [0.25, 0.3) is 135 Å². The van der Waals surface area contributed by atoms with Crippen molar-refractivity contribution in [1.82, 2.24) is 74.8 Å². The van der Waals surface area contributed by atoms with Crippen LogP contribution in [0, 0.1) is 76.2 Å². The van der Waals surface area contributed by atoms with Gasteiger partial charge >= 0.3 is 0 Å². The van der Waals surface area contributed by atoms with Crippen molar-refractivity contribution in [2.24, 2.45) is 0 Å². The Labute approximate surface area is 802 Å². The molecule has 0 unspecified atom stereocenters. The minimum Gasteiger partial charge on any atom is -0.305 e. The molecule has 0 fully saturated rings. The first-order valence-electron chi connectivity index (χ1n) is 39.8. The minimum absolute atomic E-state index is 0. The summed E-state index contributed by atoms with van der Waals surface area (Å²) in [6.07, 6.45) is 19.9. The van der Waals surface area contributed by atoms with E-state index in [2.05, 4.69) is 135 Å². The molecule has 636 valence electrons. The predicted molar refractivity (Wildman–Crippen MR) is 493 cm³/mol. The summed E-state index contributed by atoms with van der Waals surface area (Å²) in [6, 6.07) is 139. The normalized spacial score (nSPS) is 9.78. The maximum atomic E-state index is 4.49. The standard InChI is InChI=1S/C17H13N2.C16H13N4.C16H12N3.C16H11N2.4C11H8N.4Ir/c1-13-7-8-15(11-18-13)16-9-10-17(19-12-16)14-5-3-2-4-6-14;1-11-18-12(2)20-16(19-11)14-8-9-15(17-10-14)13-6-4-3-5-7-13;1-12-17-10-9-16(19-12)14-7-8-15(18-11-14)13-5-3-2-4-6-13;1-2-6-13(7-3-1)16-12-14(9-11-18-16)15-8-4-5-10-17-15;4*1-2-6-10(7-3-1)11-8-4-5-9-12-11;;;;/h2-5,7-12H,1H3;3-6,8-10H,1-2H3;2-5,7-11H,1H3;1-6,8-12H;4*1-6,8-9H;;;;/q8*-1;;;;. The average Bonchev–Trinajstić information content (AvgIpc) is 0.663. The third kappa shape index (κ3) is 31.3. The molecule has 20 aromatic rings. The van der Waals surface area contributed by atoms with Crippen molar-refractivity contribution in [3.8, 4) is 135 Å². The Balaban J connectivity index is 0.000000166. The van der Waals surface area contributed by atoms with E-state index in [0.717, 1.165) is 141 Å². The van der Waals surface area contributed by atoms with Crippen molar-refractivity contribution in [2.75, 3.05) is 0 Å². The predicted octanol–water partition coefficient (Wildman–Crippen LogP) is 24.0. The van der Waals surface area contributed by atoms with Crippen LogP contribution < -0.4 is 0 Å². The van der Waals surface area contributed by atoms with Gasteiger partial charge in [-0.3, -0.25) is 9.97 Å². The summed E-state index contributed by atoms with van der Waals surface area (Å²) in [5.74, 6) is 2.85. The fourth-order valence-electron chi connectivity index (χ4n) is 11.9. The van der Waals surface area contributed by atoms with Crippen LogP contribution in [0.1, 0.15) is 23.2 Å². The van der Waals surface area contributed by atoms with E-state index in [1.165, 1.54) is 0 Å². The van der Waals surface area contributed by atoms with Crippen molar-refractivity contribution in [2.45, 2.75) is 27.7 Å². The number of nitrogens with zero attached hydrogens (tertiary/aromatic N) is 15.